The number of pyridine rings is 1. The number of aliphatic hydroxyl groups is 1. The van der Waals surface area contributed by atoms with Crippen LogP contribution in [0.25, 0.3) is 5.69 Å². The Kier molecular flexibility index (Phi) is 5.49. The van der Waals surface area contributed by atoms with Crippen molar-refractivity contribution in [3.05, 3.63) is 52.9 Å². The summed E-state index contributed by atoms with van der Waals surface area (Å²) in [4.78, 5) is 20.6. The minimum Gasteiger partial charge on any atom is -0.395 e. The van der Waals surface area contributed by atoms with Crippen LogP contribution in [0, 0.1) is 0 Å². The number of anilines is 2. The third-order valence-corrected chi connectivity index (χ3v) is 5.23. The van der Waals surface area contributed by atoms with Crippen LogP contribution in [-0.4, -0.2) is 48.7 Å². The number of aromatic nitrogens is 5. The Morgan fingerprint density at radius 3 is 2.73 bits per heavy atom. The molecule has 10 heteroatoms. The zero-order valence-electron chi connectivity index (χ0n) is 16.9. The van der Waals surface area contributed by atoms with Crippen molar-refractivity contribution in [1.29, 1.82) is 0 Å². The SMILES string of the molecule is CC(C)(CO)c1nc(N[C@H]2CC[C@H](Nc3ccc(-n4ncccc4=O)cn3)C2)no1. The number of rotatable bonds is 7. The predicted octanol–water partition coefficient (Wildman–Crippen LogP) is 1.73. The molecule has 10 nitrogen and oxygen atoms in total. The minimum atomic E-state index is -0.565. The van der Waals surface area contributed by atoms with Crippen LogP contribution in [0.2, 0.25) is 0 Å². The Bertz CT molecular complexity index is 1040. The van der Waals surface area contributed by atoms with Crippen LogP contribution in [0.1, 0.15) is 39.0 Å². The van der Waals surface area contributed by atoms with Crippen LogP contribution in [0.15, 0.2) is 46.0 Å². The molecule has 3 aromatic rings. The van der Waals surface area contributed by atoms with Gasteiger partial charge < -0.3 is 20.3 Å². The molecule has 4 rings (SSSR count). The molecular weight excluding hydrogens is 386 g/mol. The Morgan fingerprint density at radius 2 is 2.03 bits per heavy atom. The van der Waals surface area contributed by atoms with E-state index in [0.717, 1.165) is 25.1 Å². The van der Waals surface area contributed by atoms with Gasteiger partial charge in [-0.25, -0.2) is 4.98 Å². The first-order valence-corrected chi connectivity index (χ1v) is 9.93. The Labute approximate surface area is 173 Å². The molecule has 30 heavy (non-hydrogen) atoms. The first kappa shape index (κ1) is 20.0. The maximum atomic E-state index is 11.9. The maximum Gasteiger partial charge on any atom is 0.271 e. The Hall–Kier alpha value is -3.27. The summed E-state index contributed by atoms with van der Waals surface area (Å²) < 4.78 is 6.58. The Balaban J connectivity index is 1.33. The van der Waals surface area contributed by atoms with Gasteiger partial charge in [-0.05, 0) is 56.5 Å². The lowest BCUT2D eigenvalue weighted by atomic mass is 9.95. The third-order valence-electron chi connectivity index (χ3n) is 5.23. The molecule has 0 aromatic carbocycles. The second-order valence-corrected chi connectivity index (χ2v) is 8.14. The van der Waals surface area contributed by atoms with E-state index in [1.54, 1.807) is 18.5 Å². The molecule has 158 valence electrons. The van der Waals surface area contributed by atoms with Crippen LogP contribution < -0.4 is 16.2 Å². The van der Waals surface area contributed by atoms with Crippen LogP contribution in [-0.2, 0) is 5.41 Å². The lowest BCUT2D eigenvalue weighted by molar-refractivity contribution is 0.182. The van der Waals surface area contributed by atoms with Crippen molar-refractivity contribution in [2.75, 3.05) is 17.2 Å². The van der Waals surface area contributed by atoms with Crippen molar-refractivity contribution >= 4 is 11.8 Å². The monoisotopic (exact) mass is 411 g/mol. The Morgan fingerprint density at radius 1 is 1.23 bits per heavy atom. The maximum absolute atomic E-state index is 11.9. The molecule has 0 saturated heterocycles. The van der Waals surface area contributed by atoms with Crippen LogP contribution >= 0.6 is 0 Å². The summed E-state index contributed by atoms with van der Waals surface area (Å²) in [6.07, 6.45) is 6.03. The highest BCUT2D eigenvalue weighted by Crippen LogP contribution is 2.26. The van der Waals surface area contributed by atoms with Gasteiger partial charge in [0, 0.05) is 24.3 Å². The fourth-order valence-corrected chi connectivity index (χ4v) is 3.41. The van der Waals surface area contributed by atoms with E-state index in [2.05, 4.69) is 30.9 Å². The van der Waals surface area contributed by atoms with Gasteiger partial charge in [0.05, 0.1) is 23.9 Å². The second-order valence-electron chi connectivity index (χ2n) is 8.14. The zero-order valence-corrected chi connectivity index (χ0v) is 16.9. The fraction of sp³-hybridized carbons (Fsp3) is 0.450. The largest absolute Gasteiger partial charge is 0.395 e. The molecule has 1 fully saturated rings. The van der Waals surface area contributed by atoms with E-state index in [-0.39, 0.29) is 24.2 Å². The highest BCUT2D eigenvalue weighted by Gasteiger charge is 2.29. The van der Waals surface area contributed by atoms with Crippen molar-refractivity contribution in [2.24, 2.45) is 0 Å². The summed E-state index contributed by atoms with van der Waals surface area (Å²) in [6, 6.07) is 7.21. The molecule has 0 bridgehead atoms. The summed E-state index contributed by atoms with van der Waals surface area (Å²) in [5, 5.41) is 24.2. The average Bonchev–Trinajstić information content (AvgIpc) is 3.39. The molecule has 0 unspecified atom stereocenters. The van der Waals surface area contributed by atoms with Crippen molar-refractivity contribution in [3.63, 3.8) is 0 Å². The highest BCUT2D eigenvalue weighted by atomic mass is 16.5. The molecule has 1 aliphatic carbocycles. The zero-order chi connectivity index (χ0) is 21.1. The van der Waals surface area contributed by atoms with E-state index >= 15 is 0 Å². The average molecular weight is 411 g/mol. The number of hydrogen-bond donors (Lipinski definition) is 3. The van der Waals surface area contributed by atoms with Gasteiger partial charge in [0.15, 0.2) is 0 Å². The lowest BCUT2D eigenvalue weighted by Gasteiger charge is -2.15. The van der Waals surface area contributed by atoms with Crippen molar-refractivity contribution in [3.8, 4) is 5.69 Å². The first-order chi connectivity index (χ1) is 14.4. The smallest absolute Gasteiger partial charge is 0.271 e. The molecule has 3 aromatic heterocycles. The number of nitrogens with zero attached hydrogens (tertiary/aromatic N) is 5. The molecule has 3 N–H and O–H groups in total. The van der Waals surface area contributed by atoms with E-state index in [0.29, 0.717) is 17.5 Å². The molecule has 2 atom stereocenters. The van der Waals surface area contributed by atoms with Crippen LogP contribution in [0.4, 0.5) is 11.8 Å². The molecule has 1 aliphatic rings. The second kappa shape index (κ2) is 8.23. The summed E-state index contributed by atoms with van der Waals surface area (Å²) in [5.41, 5.74) is -0.141. The number of aliphatic hydroxyl groups excluding tert-OH is 1. The van der Waals surface area contributed by atoms with Crippen molar-refractivity contribution in [1.82, 2.24) is 24.9 Å². The molecule has 0 spiro atoms. The molecular formula is C20H25N7O3. The minimum absolute atomic E-state index is 0.0647. The van der Waals surface area contributed by atoms with E-state index in [1.165, 1.54) is 10.7 Å². The van der Waals surface area contributed by atoms with Crippen LogP contribution in [0.5, 0.6) is 0 Å². The molecule has 1 saturated carbocycles. The topological polar surface area (TPSA) is 131 Å². The summed E-state index contributed by atoms with van der Waals surface area (Å²) in [7, 11) is 0. The third kappa shape index (κ3) is 4.33. The van der Waals surface area contributed by atoms with E-state index in [1.807, 2.05) is 26.0 Å². The van der Waals surface area contributed by atoms with Gasteiger partial charge in [-0.15, -0.1) is 0 Å². The number of hydrogen-bond acceptors (Lipinski definition) is 9. The predicted molar refractivity (Wildman–Crippen MR) is 111 cm³/mol. The first-order valence-electron chi connectivity index (χ1n) is 9.93. The van der Waals surface area contributed by atoms with E-state index < -0.39 is 5.41 Å². The number of nitrogens with one attached hydrogen (secondary N) is 2. The standard InChI is InChI=1S/C20H25N7O3/c1-20(2,12-28)18-25-19(26-30-18)24-14-6-5-13(10-14)23-16-8-7-15(11-21-16)27-17(29)4-3-9-22-27/h3-4,7-9,11,13-14,28H,5-6,10,12H2,1-2H3,(H,21,23)(H,24,26)/t13-,14-/m0/s1. The summed E-state index contributed by atoms with van der Waals surface area (Å²) in [6.45, 7) is 3.63. The normalized spacial score (nSPS) is 19.0. The molecule has 3 heterocycles. The van der Waals surface area contributed by atoms with Gasteiger partial charge in [-0.2, -0.15) is 14.8 Å². The highest BCUT2D eigenvalue weighted by molar-refractivity contribution is 5.41. The summed E-state index contributed by atoms with van der Waals surface area (Å²) in [5.74, 6) is 1.61. The van der Waals surface area contributed by atoms with Crippen molar-refractivity contribution in [2.45, 2.75) is 50.6 Å². The molecule has 0 aliphatic heterocycles. The van der Waals surface area contributed by atoms with Crippen molar-refractivity contribution < 1.29 is 9.63 Å². The van der Waals surface area contributed by atoms with E-state index in [4.69, 9.17) is 4.52 Å². The lowest BCUT2D eigenvalue weighted by Crippen LogP contribution is -2.23. The molecule has 0 radical (unpaired) electrons. The van der Waals surface area contributed by atoms with Gasteiger partial charge >= 0.3 is 0 Å². The van der Waals surface area contributed by atoms with Gasteiger partial charge in [-0.3, -0.25) is 4.79 Å². The summed E-state index contributed by atoms with van der Waals surface area (Å²) >= 11 is 0. The van der Waals surface area contributed by atoms with Gasteiger partial charge in [-0.1, -0.05) is 0 Å². The molecule has 0 amide bonds. The van der Waals surface area contributed by atoms with E-state index in [9.17, 15) is 9.90 Å². The van der Waals surface area contributed by atoms with Gasteiger partial charge in [0.25, 0.3) is 11.5 Å². The van der Waals surface area contributed by atoms with Gasteiger partial charge in [0.2, 0.25) is 5.89 Å². The quantitative estimate of drug-likeness (QED) is 0.532. The van der Waals surface area contributed by atoms with Crippen LogP contribution in [0.3, 0.4) is 0 Å². The van der Waals surface area contributed by atoms with Gasteiger partial charge in [0.1, 0.15) is 5.82 Å². The fourth-order valence-electron chi connectivity index (χ4n) is 3.41.